The van der Waals surface area contributed by atoms with E-state index in [1.165, 1.54) is 32.1 Å². The first-order valence-electron chi connectivity index (χ1n) is 7.27. The zero-order valence-electron chi connectivity index (χ0n) is 11.3. The molecule has 5 unspecified atom stereocenters. The summed E-state index contributed by atoms with van der Waals surface area (Å²) < 4.78 is 11.8. The summed E-state index contributed by atoms with van der Waals surface area (Å²) in [6.07, 6.45) is 6.97. The van der Waals surface area contributed by atoms with E-state index in [2.05, 4.69) is 20.8 Å². The SMILES string of the molecule is CC1(C)CC2C1CCC1(C)OC1CCC21CO1. The lowest BCUT2D eigenvalue weighted by Gasteiger charge is -2.54. The molecule has 2 saturated carbocycles. The summed E-state index contributed by atoms with van der Waals surface area (Å²) in [5, 5.41) is 0. The van der Waals surface area contributed by atoms with Crippen molar-refractivity contribution in [2.75, 3.05) is 6.61 Å². The number of ether oxygens (including phenoxy) is 2. The van der Waals surface area contributed by atoms with E-state index < -0.39 is 0 Å². The third-order valence-corrected chi connectivity index (χ3v) is 6.24. The molecule has 0 radical (unpaired) electrons. The van der Waals surface area contributed by atoms with Crippen molar-refractivity contribution >= 4 is 0 Å². The molecule has 0 aromatic rings. The molecule has 2 aliphatic heterocycles. The predicted octanol–water partition coefficient (Wildman–Crippen LogP) is 3.15. The van der Waals surface area contributed by atoms with Crippen molar-refractivity contribution in [3.8, 4) is 0 Å². The quantitative estimate of drug-likeness (QED) is 0.604. The van der Waals surface area contributed by atoms with Gasteiger partial charge >= 0.3 is 0 Å². The fraction of sp³-hybridized carbons (Fsp3) is 1.00. The van der Waals surface area contributed by atoms with Crippen LogP contribution in [0.15, 0.2) is 0 Å². The monoisotopic (exact) mass is 236 g/mol. The van der Waals surface area contributed by atoms with Gasteiger partial charge in [0.1, 0.15) is 0 Å². The lowest BCUT2D eigenvalue weighted by Crippen LogP contribution is -2.51. The predicted molar refractivity (Wildman–Crippen MR) is 65.8 cm³/mol. The van der Waals surface area contributed by atoms with Crippen LogP contribution in [0.2, 0.25) is 0 Å². The maximum absolute atomic E-state index is 5.92. The van der Waals surface area contributed by atoms with Gasteiger partial charge in [0.25, 0.3) is 0 Å². The Morgan fingerprint density at radius 3 is 2.41 bits per heavy atom. The molecule has 4 fully saturated rings. The van der Waals surface area contributed by atoms with Gasteiger partial charge in [-0.05, 0) is 56.3 Å². The van der Waals surface area contributed by atoms with Crippen LogP contribution in [0.5, 0.6) is 0 Å². The molecule has 17 heavy (non-hydrogen) atoms. The average molecular weight is 236 g/mol. The topological polar surface area (TPSA) is 25.1 Å². The molecule has 4 aliphatic rings. The summed E-state index contributed by atoms with van der Waals surface area (Å²) >= 11 is 0. The summed E-state index contributed by atoms with van der Waals surface area (Å²) in [7, 11) is 0. The van der Waals surface area contributed by atoms with Crippen molar-refractivity contribution in [1.82, 2.24) is 0 Å². The summed E-state index contributed by atoms with van der Waals surface area (Å²) in [5.41, 5.74) is 1.03. The molecule has 2 aliphatic carbocycles. The molecule has 4 rings (SSSR count). The second-order valence-electron chi connectivity index (χ2n) is 7.76. The smallest absolute Gasteiger partial charge is 0.0948 e. The zero-order valence-corrected chi connectivity index (χ0v) is 11.3. The van der Waals surface area contributed by atoms with Gasteiger partial charge in [0.2, 0.25) is 0 Å². The van der Waals surface area contributed by atoms with E-state index in [0.29, 0.717) is 11.5 Å². The largest absolute Gasteiger partial charge is 0.369 e. The van der Waals surface area contributed by atoms with E-state index >= 15 is 0 Å². The molecule has 2 saturated heterocycles. The van der Waals surface area contributed by atoms with Crippen LogP contribution in [0.3, 0.4) is 0 Å². The fourth-order valence-electron chi connectivity index (χ4n) is 4.72. The molecule has 2 heterocycles. The third kappa shape index (κ3) is 1.40. The van der Waals surface area contributed by atoms with Crippen molar-refractivity contribution in [2.24, 2.45) is 17.3 Å². The summed E-state index contributed by atoms with van der Waals surface area (Å²) in [4.78, 5) is 0. The van der Waals surface area contributed by atoms with Crippen LogP contribution in [0.25, 0.3) is 0 Å². The highest BCUT2D eigenvalue weighted by atomic mass is 16.6. The first-order valence-corrected chi connectivity index (χ1v) is 7.27. The molecule has 0 amide bonds. The minimum atomic E-state index is 0.219. The van der Waals surface area contributed by atoms with Crippen LogP contribution in [-0.2, 0) is 9.47 Å². The molecular weight excluding hydrogens is 212 g/mol. The van der Waals surface area contributed by atoms with E-state index in [9.17, 15) is 0 Å². The second-order valence-corrected chi connectivity index (χ2v) is 7.76. The highest BCUT2D eigenvalue weighted by molar-refractivity contribution is 5.14. The fourth-order valence-corrected chi connectivity index (χ4v) is 4.72. The van der Waals surface area contributed by atoms with Gasteiger partial charge < -0.3 is 9.47 Å². The Morgan fingerprint density at radius 2 is 1.76 bits per heavy atom. The average Bonchev–Trinajstić information content (AvgIpc) is 3.11. The number of fused-ring (bicyclic) bond motifs is 3. The molecule has 5 atom stereocenters. The summed E-state index contributed by atoms with van der Waals surface area (Å²) in [6, 6.07) is 0. The molecule has 2 nitrogen and oxygen atoms in total. The molecule has 0 aromatic heterocycles. The van der Waals surface area contributed by atoms with Crippen molar-refractivity contribution in [2.45, 2.75) is 70.2 Å². The second kappa shape index (κ2) is 2.91. The number of rotatable bonds is 0. The van der Waals surface area contributed by atoms with Gasteiger partial charge in [-0.1, -0.05) is 13.8 Å². The Bertz CT molecular complexity index is 358. The third-order valence-electron chi connectivity index (χ3n) is 6.24. The minimum Gasteiger partial charge on any atom is -0.369 e. The van der Waals surface area contributed by atoms with E-state index in [-0.39, 0.29) is 11.2 Å². The first-order chi connectivity index (χ1) is 7.95. The zero-order chi connectivity index (χ0) is 11.9. The van der Waals surface area contributed by atoms with Crippen LogP contribution in [-0.4, -0.2) is 23.9 Å². The Kier molecular flexibility index (Phi) is 1.85. The van der Waals surface area contributed by atoms with Crippen LogP contribution >= 0.6 is 0 Å². The lowest BCUT2D eigenvalue weighted by molar-refractivity contribution is -0.0685. The molecule has 0 aromatic carbocycles. The molecule has 1 spiro atoms. The molecular formula is C15H24O2. The maximum Gasteiger partial charge on any atom is 0.0948 e. The van der Waals surface area contributed by atoms with Crippen molar-refractivity contribution in [3.63, 3.8) is 0 Å². The Morgan fingerprint density at radius 1 is 1.00 bits per heavy atom. The Balaban J connectivity index is 1.60. The standard InChI is InChI=1S/C15H24O2/c1-13(2)8-11-10(13)4-6-14(3)12(17-14)5-7-15(11)9-16-15/h10-12H,4-9H2,1-3H3. The normalized spacial score (nSPS) is 59.1. The van der Waals surface area contributed by atoms with Crippen LogP contribution in [0.1, 0.15) is 52.9 Å². The number of epoxide rings is 2. The van der Waals surface area contributed by atoms with Gasteiger partial charge in [-0.25, -0.2) is 0 Å². The van der Waals surface area contributed by atoms with Gasteiger partial charge in [-0.15, -0.1) is 0 Å². The molecule has 0 bridgehead atoms. The van der Waals surface area contributed by atoms with Crippen molar-refractivity contribution in [3.05, 3.63) is 0 Å². The number of hydrogen-bond acceptors (Lipinski definition) is 2. The Labute approximate surface area is 104 Å². The van der Waals surface area contributed by atoms with Gasteiger partial charge in [0.05, 0.1) is 23.9 Å². The lowest BCUT2D eigenvalue weighted by atomic mass is 9.50. The first kappa shape index (κ1) is 10.8. The van der Waals surface area contributed by atoms with Crippen LogP contribution in [0, 0.1) is 17.3 Å². The molecule has 96 valence electrons. The van der Waals surface area contributed by atoms with Crippen molar-refractivity contribution in [1.29, 1.82) is 0 Å². The van der Waals surface area contributed by atoms with E-state index in [1.54, 1.807) is 0 Å². The van der Waals surface area contributed by atoms with Gasteiger partial charge in [-0.3, -0.25) is 0 Å². The van der Waals surface area contributed by atoms with E-state index in [4.69, 9.17) is 9.47 Å². The molecule has 2 heteroatoms. The van der Waals surface area contributed by atoms with Crippen molar-refractivity contribution < 1.29 is 9.47 Å². The highest BCUT2D eigenvalue weighted by Crippen LogP contribution is 2.64. The summed E-state index contributed by atoms with van der Waals surface area (Å²) in [5.74, 6) is 1.71. The van der Waals surface area contributed by atoms with E-state index in [0.717, 1.165) is 18.4 Å². The van der Waals surface area contributed by atoms with E-state index in [1.807, 2.05) is 0 Å². The molecule has 0 N–H and O–H groups in total. The van der Waals surface area contributed by atoms with Gasteiger partial charge in [0.15, 0.2) is 0 Å². The van der Waals surface area contributed by atoms with Crippen LogP contribution < -0.4 is 0 Å². The van der Waals surface area contributed by atoms with Gasteiger partial charge in [-0.2, -0.15) is 0 Å². The highest BCUT2D eigenvalue weighted by Gasteiger charge is 2.65. The minimum absolute atomic E-state index is 0.219. The van der Waals surface area contributed by atoms with Crippen LogP contribution in [0.4, 0.5) is 0 Å². The Hall–Kier alpha value is -0.0800. The van der Waals surface area contributed by atoms with Gasteiger partial charge in [0, 0.05) is 0 Å². The summed E-state index contributed by atoms with van der Waals surface area (Å²) in [6.45, 7) is 8.21. The maximum atomic E-state index is 5.92. The number of hydrogen-bond donors (Lipinski definition) is 0.